The molecule has 2 unspecified atom stereocenters. The van der Waals surface area contributed by atoms with Crippen molar-refractivity contribution in [1.82, 2.24) is 5.43 Å². The van der Waals surface area contributed by atoms with Gasteiger partial charge in [-0.15, -0.1) is 0 Å². The highest BCUT2D eigenvalue weighted by molar-refractivity contribution is 6.31. The van der Waals surface area contributed by atoms with Crippen molar-refractivity contribution in [2.24, 2.45) is 11.8 Å². The molecule has 5 heteroatoms. The van der Waals surface area contributed by atoms with E-state index < -0.39 is 0 Å². The Kier molecular flexibility index (Phi) is 4.95. The van der Waals surface area contributed by atoms with Crippen molar-refractivity contribution in [3.8, 4) is 0 Å². The average Bonchev–Trinajstić information content (AvgIpc) is 2.85. The van der Waals surface area contributed by atoms with E-state index in [1.54, 1.807) is 6.07 Å². The number of nitrogens with two attached hydrogens (primary N) is 1. The first-order valence-electron chi connectivity index (χ1n) is 6.17. The van der Waals surface area contributed by atoms with Gasteiger partial charge in [-0.05, 0) is 48.9 Å². The maximum Gasteiger partial charge on any atom is 0.123 e. The third-order valence-electron chi connectivity index (χ3n) is 3.35. The SMILES string of the molecule is NNC(Cc1cc(F)ccc1Cl)CC1CCOC1. The van der Waals surface area contributed by atoms with Crippen LogP contribution in [0.4, 0.5) is 4.39 Å². The molecule has 100 valence electrons. The standard InChI is InChI=1S/C13H18ClFN2O/c14-13-2-1-11(15)6-10(13)7-12(17-16)5-9-3-4-18-8-9/h1-2,6,9,12,17H,3-5,7-8,16H2. The molecule has 3 nitrogen and oxygen atoms in total. The summed E-state index contributed by atoms with van der Waals surface area (Å²) in [7, 11) is 0. The molecule has 2 atom stereocenters. The van der Waals surface area contributed by atoms with Crippen LogP contribution in [0.25, 0.3) is 0 Å². The predicted molar refractivity (Wildman–Crippen MR) is 69.8 cm³/mol. The molecular formula is C13H18ClFN2O. The summed E-state index contributed by atoms with van der Waals surface area (Å²) >= 11 is 6.05. The fraction of sp³-hybridized carbons (Fsp3) is 0.538. The molecular weight excluding hydrogens is 255 g/mol. The summed E-state index contributed by atoms with van der Waals surface area (Å²) in [5.41, 5.74) is 3.58. The average molecular weight is 273 g/mol. The monoisotopic (exact) mass is 272 g/mol. The molecule has 1 fully saturated rings. The molecule has 1 aliphatic rings. The van der Waals surface area contributed by atoms with E-state index >= 15 is 0 Å². The molecule has 2 rings (SSSR count). The van der Waals surface area contributed by atoms with E-state index in [9.17, 15) is 4.39 Å². The zero-order valence-corrected chi connectivity index (χ0v) is 10.9. The third-order valence-corrected chi connectivity index (χ3v) is 3.72. The number of benzene rings is 1. The molecule has 1 aromatic carbocycles. The molecule has 1 aromatic rings. The maximum atomic E-state index is 13.2. The topological polar surface area (TPSA) is 47.3 Å². The number of halogens is 2. The van der Waals surface area contributed by atoms with Gasteiger partial charge >= 0.3 is 0 Å². The molecule has 0 saturated carbocycles. The fourth-order valence-electron chi connectivity index (χ4n) is 2.35. The fourth-order valence-corrected chi connectivity index (χ4v) is 2.54. The Morgan fingerprint density at radius 2 is 2.39 bits per heavy atom. The first kappa shape index (κ1) is 13.7. The Morgan fingerprint density at radius 3 is 3.06 bits per heavy atom. The minimum Gasteiger partial charge on any atom is -0.381 e. The van der Waals surface area contributed by atoms with Crippen molar-refractivity contribution < 1.29 is 9.13 Å². The number of hydrogen-bond acceptors (Lipinski definition) is 3. The van der Waals surface area contributed by atoms with Gasteiger partial charge in [-0.25, -0.2) is 4.39 Å². The van der Waals surface area contributed by atoms with Gasteiger partial charge in [0.15, 0.2) is 0 Å². The lowest BCUT2D eigenvalue weighted by Crippen LogP contribution is -2.38. The zero-order valence-electron chi connectivity index (χ0n) is 10.2. The molecule has 3 N–H and O–H groups in total. The predicted octanol–water partition coefficient (Wildman–Crippen LogP) is 2.28. The quantitative estimate of drug-likeness (QED) is 0.639. The second-order valence-electron chi connectivity index (χ2n) is 4.77. The molecule has 0 aromatic heterocycles. The lowest BCUT2D eigenvalue weighted by Gasteiger charge is -2.19. The lowest BCUT2D eigenvalue weighted by molar-refractivity contribution is 0.181. The minimum absolute atomic E-state index is 0.0935. The van der Waals surface area contributed by atoms with Crippen molar-refractivity contribution >= 4 is 11.6 Å². The Morgan fingerprint density at radius 1 is 1.56 bits per heavy atom. The van der Waals surface area contributed by atoms with E-state index in [0.29, 0.717) is 17.4 Å². The van der Waals surface area contributed by atoms with Gasteiger partial charge in [0, 0.05) is 24.3 Å². The van der Waals surface area contributed by atoms with Gasteiger partial charge in [0.1, 0.15) is 5.82 Å². The largest absolute Gasteiger partial charge is 0.381 e. The highest BCUT2D eigenvalue weighted by atomic mass is 35.5. The number of hydrogen-bond donors (Lipinski definition) is 2. The summed E-state index contributed by atoms with van der Waals surface area (Å²) in [6.07, 6.45) is 2.61. The summed E-state index contributed by atoms with van der Waals surface area (Å²) in [6, 6.07) is 4.51. The summed E-state index contributed by atoms with van der Waals surface area (Å²) in [4.78, 5) is 0. The van der Waals surface area contributed by atoms with E-state index in [-0.39, 0.29) is 11.9 Å². The normalized spacial score (nSPS) is 21.2. The first-order chi connectivity index (χ1) is 8.69. The van der Waals surface area contributed by atoms with E-state index in [1.165, 1.54) is 12.1 Å². The Hall–Kier alpha value is -0.680. The number of ether oxygens (including phenoxy) is 1. The van der Waals surface area contributed by atoms with Crippen molar-refractivity contribution in [2.45, 2.75) is 25.3 Å². The minimum atomic E-state index is -0.269. The van der Waals surface area contributed by atoms with Crippen molar-refractivity contribution in [1.29, 1.82) is 0 Å². The summed E-state index contributed by atoms with van der Waals surface area (Å²) < 4.78 is 18.5. The van der Waals surface area contributed by atoms with Crippen LogP contribution >= 0.6 is 11.6 Å². The molecule has 0 aliphatic carbocycles. The third kappa shape index (κ3) is 3.65. The van der Waals surface area contributed by atoms with Crippen molar-refractivity contribution in [2.75, 3.05) is 13.2 Å². The highest BCUT2D eigenvalue weighted by Crippen LogP contribution is 2.23. The van der Waals surface area contributed by atoms with E-state index in [2.05, 4.69) is 5.43 Å². The number of rotatable bonds is 5. The Bertz CT molecular complexity index is 397. The maximum absolute atomic E-state index is 13.2. The van der Waals surface area contributed by atoms with Crippen LogP contribution < -0.4 is 11.3 Å². The smallest absolute Gasteiger partial charge is 0.123 e. The van der Waals surface area contributed by atoms with Crippen LogP contribution in [0.3, 0.4) is 0 Å². The van der Waals surface area contributed by atoms with Gasteiger partial charge in [-0.1, -0.05) is 11.6 Å². The molecule has 1 aliphatic heterocycles. The van der Waals surface area contributed by atoms with Crippen LogP contribution in [0.15, 0.2) is 18.2 Å². The van der Waals surface area contributed by atoms with Gasteiger partial charge in [-0.2, -0.15) is 0 Å². The molecule has 18 heavy (non-hydrogen) atoms. The van der Waals surface area contributed by atoms with Crippen LogP contribution in [-0.4, -0.2) is 19.3 Å². The first-order valence-corrected chi connectivity index (χ1v) is 6.54. The van der Waals surface area contributed by atoms with Crippen LogP contribution in [-0.2, 0) is 11.2 Å². The molecule has 0 radical (unpaired) electrons. The van der Waals surface area contributed by atoms with Gasteiger partial charge in [-0.3, -0.25) is 11.3 Å². The van der Waals surface area contributed by atoms with Gasteiger partial charge < -0.3 is 4.74 Å². The Balaban J connectivity index is 1.98. The zero-order chi connectivity index (χ0) is 13.0. The molecule has 1 saturated heterocycles. The van der Waals surface area contributed by atoms with Crippen LogP contribution in [0.2, 0.25) is 5.02 Å². The number of hydrazine groups is 1. The van der Waals surface area contributed by atoms with E-state index in [0.717, 1.165) is 31.6 Å². The Labute approximate surface area is 111 Å². The second-order valence-corrected chi connectivity index (χ2v) is 5.18. The highest BCUT2D eigenvalue weighted by Gasteiger charge is 2.21. The van der Waals surface area contributed by atoms with Crippen LogP contribution in [0, 0.1) is 11.7 Å². The van der Waals surface area contributed by atoms with Gasteiger partial charge in [0.05, 0.1) is 0 Å². The lowest BCUT2D eigenvalue weighted by atomic mass is 9.95. The van der Waals surface area contributed by atoms with Gasteiger partial charge in [0.25, 0.3) is 0 Å². The summed E-state index contributed by atoms with van der Waals surface area (Å²) in [6.45, 7) is 1.61. The summed E-state index contributed by atoms with van der Waals surface area (Å²) in [5, 5.41) is 0.583. The second kappa shape index (κ2) is 6.48. The van der Waals surface area contributed by atoms with Crippen LogP contribution in [0.1, 0.15) is 18.4 Å². The molecule has 0 bridgehead atoms. The molecule has 0 amide bonds. The van der Waals surface area contributed by atoms with Crippen LogP contribution in [0.5, 0.6) is 0 Å². The van der Waals surface area contributed by atoms with E-state index in [1.807, 2.05) is 0 Å². The molecule has 1 heterocycles. The molecule has 0 spiro atoms. The van der Waals surface area contributed by atoms with Crippen molar-refractivity contribution in [3.63, 3.8) is 0 Å². The number of nitrogens with one attached hydrogen (secondary N) is 1. The van der Waals surface area contributed by atoms with Crippen molar-refractivity contribution in [3.05, 3.63) is 34.6 Å². The summed E-state index contributed by atoms with van der Waals surface area (Å²) in [5.74, 6) is 5.82. The van der Waals surface area contributed by atoms with Gasteiger partial charge in [0.2, 0.25) is 0 Å². The van der Waals surface area contributed by atoms with E-state index in [4.69, 9.17) is 22.2 Å².